The van der Waals surface area contributed by atoms with E-state index in [4.69, 9.17) is 5.73 Å². The zero-order valence-electron chi connectivity index (χ0n) is 9.30. The molecule has 0 unspecified atom stereocenters. The van der Waals surface area contributed by atoms with Crippen molar-refractivity contribution in [3.05, 3.63) is 18.0 Å². The van der Waals surface area contributed by atoms with E-state index in [0.29, 0.717) is 5.69 Å². The molecule has 0 fully saturated rings. The maximum atomic E-state index is 12.0. The zero-order valence-corrected chi connectivity index (χ0v) is 10.1. The predicted octanol–water partition coefficient (Wildman–Crippen LogP) is -0.165. The fraction of sp³-hybridized carbons (Fsp3) is 0.250. The molecule has 0 amide bonds. The van der Waals surface area contributed by atoms with Crippen molar-refractivity contribution in [1.82, 2.24) is 20.0 Å². The van der Waals surface area contributed by atoms with Gasteiger partial charge >= 0.3 is 0 Å². The van der Waals surface area contributed by atoms with Gasteiger partial charge in [0.2, 0.25) is 0 Å². The first-order chi connectivity index (χ1) is 7.92. The minimum Gasteiger partial charge on any atom is -0.394 e. The van der Waals surface area contributed by atoms with E-state index in [2.05, 4.69) is 20.0 Å². The summed E-state index contributed by atoms with van der Waals surface area (Å²) in [6, 6.07) is 1.39. The molecular formula is C8H12N6O2S. The molecule has 92 valence electrons. The fourth-order valence-electron chi connectivity index (χ4n) is 1.32. The summed E-state index contributed by atoms with van der Waals surface area (Å²) < 4.78 is 27.5. The van der Waals surface area contributed by atoms with Crippen LogP contribution < -0.4 is 10.5 Å². The number of anilines is 2. The molecule has 0 atom stereocenters. The summed E-state index contributed by atoms with van der Waals surface area (Å²) in [7, 11) is -2.19. The third-order valence-corrected chi connectivity index (χ3v) is 3.69. The summed E-state index contributed by atoms with van der Waals surface area (Å²) in [4.78, 5) is 0. The van der Waals surface area contributed by atoms with Gasteiger partial charge in [0.25, 0.3) is 10.0 Å². The molecule has 8 nitrogen and oxygen atoms in total. The molecule has 17 heavy (non-hydrogen) atoms. The van der Waals surface area contributed by atoms with Crippen molar-refractivity contribution in [3.63, 3.8) is 0 Å². The van der Waals surface area contributed by atoms with Crippen LogP contribution in [0.1, 0.15) is 5.69 Å². The molecule has 2 rings (SSSR count). The van der Waals surface area contributed by atoms with Gasteiger partial charge in [-0.3, -0.25) is 14.5 Å². The second kappa shape index (κ2) is 3.77. The van der Waals surface area contributed by atoms with Crippen LogP contribution in [0, 0.1) is 6.92 Å². The first kappa shape index (κ1) is 11.5. The van der Waals surface area contributed by atoms with E-state index in [0.717, 1.165) is 0 Å². The maximum Gasteiger partial charge on any atom is 0.280 e. The van der Waals surface area contributed by atoms with Crippen LogP contribution in [0.4, 0.5) is 11.5 Å². The number of nitrogen functional groups attached to an aromatic ring is 1. The Balaban J connectivity index is 2.37. The number of sulfonamides is 1. The van der Waals surface area contributed by atoms with Crippen molar-refractivity contribution in [2.45, 2.75) is 11.9 Å². The average molecular weight is 256 g/mol. The Morgan fingerprint density at radius 2 is 2.24 bits per heavy atom. The molecule has 0 saturated carbocycles. The lowest BCUT2D eigenvalue weighted by Gasteiger charge is -2.05. The normalized spacial score (nSPS) is 11.6. The van der Waals surface area contributed by atoms with Crippen molar-refractivity contribution in [2.75, 3.05) is 10.5 Å². The number of aromatic nitrogens is 4. The van der Waals surface area contributed by atoms with Crippen LogP contribution in [0.15, 0.2) is 17.3 Å². The molecule has 0 aliphatic rings. The van der Waals surface area contributed by atoms with E-state index in [1.807, 2.05) is 0 Å². The Morgan fingerprint density at radius 3 is 2.71 bits per heavy atom. The minimum absolute atomic E-state index is 0.0394. The van der Waals surface area contributed by atoms with Crippen LogP contribution in [0.25, 0.3) is 0 Å². The first-order valence-corrected chi connectivity index (χ1v) is 6.21. The maximum absolute atomic E-state index is 12.0. The van der Waals surface area contributed by atoms with Gasteiger partial charge in [-0.05, 0) is 13.0 Å². The van der Waals surface area contributed by atoms with Crippen LogP contribution in [0.5, 0.6) is 0 Å². The molecule has 2 heterocycles. The molecule has 2 aromatic rings. The third-order valence-electron chi connectivity index (χ3n) is 2.28. The fourth-order valence-corrected chi connectivity index (χ4v) is 2.47. The summed E-state index contributed by atoms with van der Waals surface area (Å²) in [5, 5.41) is 10.2. The number of aromatic amines is 1. The predicted molar refractivity (Wildman–Crippen MR) is 61.8 cm³/mol. The van der Waals surface area contributed by atoms with Crippen molar-refractivity contribution in [3.8, 4) is 0 Å². The Kier molecular flexibility index (Phi) is 2.54. The van der Waals surface area contributed by atoms with Crippen LogP contribution in [0.3, 0.4) is 0 Å². The molecule has 0 aliphatic heterocycles. The average Bonchev–Trinajstić information content (AvgIpc) is 2.80. The van der Waals surface area contributed by atoms with E-state index in [9.17, 15) is 8.42 Å². The highest BCUT2D eigenvalue weighted by Crippen LogP contribution is 2.21. The molecule has 4 N–H and O–H groups in total. The van der Waals surface area contributed by atoms with E-state index in [1.165, 1.54) is 24.0 Å². The van der Waals surface area contributed by atoms with Crippen molar-refractivity contribution in [2.24, 2.45) is 7.05 Å². The van der Waals surface area contributed by atoms with E-state index in [-0.39, 0.29) is 16.5 Å². The largest absolute Gasteiger partial charge is 0.394 e. The number of H-pyrrole nitrogens is 1. The Morgan fingerprint density at radius 1 is 1.53 bits per heavy atom. The zero-order chi connectivity index (χ0) is 12.6. The summed E-state index contributed by atoms with van der Waals surface area (Å²) in [5.41, 5.74) is 6.54. The Hall–Kier alpha value is -2.03. The van der Waals surface area contributed by atoms with Gasteiger partial charge in [0, 0.05) is 7.05 Å². The second-order valence-corrected chi connectivity index (χ2v) is 5.14. The van der Waals surface area contributed by atoms with Crippen LogP contribution in [0.2, 0.25) is 0 Å². The summed E-state index contributed by atoms with van der Waals surface area (Å²) >= 11 is 0. The van der Waals surface area contributed by atoms with Crippen molar-refractivity contribution in [1.29, 1.82) is 0 Å². The quantitative estimate of drug-likeness (QED) is 0.704. The van der Waals surface area contributed by atoms with Crippen molar-refractivity contribution < 1.29 is 8.42 Å². The lowest BCUT2D eigenvalue weighted by molar-refractivity contribution is 0.582. The smallest absolute Gasteiger partial charge is 0.280 e. The second-order valence-electron chi connectivity index (χ2n) is 3.51. The van der Waals surface area contributed by atoms with Crippen LogP contribution >= 0.6 is 0 Å². The van der Waals surface area contributed by atoms with Gasteiger partial charge in [0.05, 0.1) is 17.6 Å². The molecular weight excluding hydrogens is 244 g/mol. The van der Waals surface area contributed by atoms with Gasteiger partial charge in [0.15, 0.2) is 10.8 Å². The molecule has 0 bridgehead atoms. The van der Waals surface area contributed by atoms with Gasteiger partial charge < -0.3 is 5.73 Å². The highest BCUT2D eigenvalue weighted by Gasteiger charge is 2.20. The number of rotatable bonds is 3. The molecule has 0 aliphatic carbocycles. The lowest BCUT2D eigenvalue weighted by Crippen LogP contribution is -2.17. The monoisotopic (exact) mass is 256 g/mol. The number of hydrogen-bond donors (Lipinski definition) is 3. The SMILES string of the molecule is Cc1[nH]nc(NS(=O)(=O)c2ccnn2C)c1N. The number of nitrogens with two attached hydrogens (primary N) is 1. The number of nitrogens with one attached hydrogen (secondary N) is 2. The lowest BCUT2D eigenvalue weighted by atomic mass is 10.4. The molecule has 0 spiro atoms. The summed E-state index contributed by atoms with van der Waals surface area (Å²) in [6.45, 7) is 1.70. The number of hydrogen-bond acceptors (Lipinski definition) is 5. The molecule has 0 aromatic carbocycles. The van der Waals surface area contributed by atoms with E-state index >= 15 is 0 Å². The van der Waals surface area contributed by atoms with Crippen LogP contribution in [-0.2, 0) is 17.1 Å². The molecule has 0 saturated heterocycles. The standard InChI is InChI=1S/C8H12N6O2S/c1-5-7(9)8(12-11-5)13-17(15,16)6-3-4-10-14(6)2/h3-4H,9H2,1-2H3,(H2,11,12,13). The van der Waals surface area contributed by atoms with Gasteiger partial charge in [-0.2, -0.15) is 18.6 Å². The van der Waals surface area contributed by atoms with E-state index < -0.39 is 10.0 Å². The van der Waals surface area contributed by atoms with Gasteiger partial charge in [-0.15, -0.1) is 0 Å². The topological polar surface area (TPSA) is 119 Å². The number of nitrogens with zero attached hydrogens (tertiary/aromatic N) is 3. The van der Waals surface area contributed by atoms with Gasteiger partial charge in [0.1, 0.15) is 0 Å². The molecule has 0 radical (unpaired) electrons. The van der Waals surface area contributed by atoms with Crippen LogP contribution in [-0.4, -0.2) is 28.4 Å². The Bertz CT molecular complexity index is 641. The molecule has 2 aromatic heterocycles. The Labute approximate surface area is 97.9 Å². The molecule has 9 heteroatoms. The highest BCUT2D eigenvalue weighted by molar-refractivity contribution is 7.92. The first-order valence-electron chi connectivity index (χ1n) is 4.73. The summed E-state index contributed by atoms with van der Waals surface area (Å²) in [6.07, 6.45) is 1.40. The summed E-state index contributed by atoms with van der Waals surface area (Å²) in [5.74, 6) is 0.0868. The highest BCUT2D eigenvalue weighted by atomic mass is 32.2. The van der Waals surface area contributed by atoms with Gasteiger partial charge in [-0.1, -0.05) is 0 Å². The number of aryl methyl sites for hydroxylation is 2. The van der Waals surface area contributed by atoms with Crippen molar-refractivity contribution >= 4 is 21.5 Å². The third kappa shape index (κ3) is 1.96. The van der Waals surface area contributed by atoms with Gasteiger partial charge in [-0.25, -0.2) is 0 Å². The van der Waals surface area contributed by atoms with E-state index in [1.54, 1.807) is 6.92 Å². The minimum atomic E-state index is -3.72.